The Bertz CT molecular complexity index is 1500. The minimum Gasteiger partial charge on any atom is -0.872 e. The number of rotatable bonds is 5. The number of carbonyl (C=O) groups is 2. The number of aromatic carboxylic acids is 2. The molecule has 4 rings (SSSR count). The first-order valence-corrected chi connectivity index (χ1v) is 11.5. The summed E-state index contributed by atoms with van der Waals surface area (Å²) in [6.45, 7) is 7.49. The number of hydrogen-bond acceptors (Lipinski definition) is 9. The van der Waals surface area contributed by atoms with Crippen LogP contribution in [-0.2, 0) is 22.8 Å². The molecule has 0 aliphatic heterocycles. The summed E-state index contributed by atoms with van der Waals surface area (Å²) in [5.74, 6) is -3.70. The first-order valence-electron chi connectivity index (χ1n) is 11.5. The van der Waals surface area contributed by atoms with Crippen LogP contribution in [0.3, 0.4) is 0 Å². The van der Waals surface area contributed by atoms with Gasteiger partial charge < -0.3 is 30.0 Å². The number of nitrogens with zero attached hydrogens (tertiary/aromatic N) is 4. The van der Waals surface area contributed by atoms with Crippen LogP contribution in [0.5, 0.6) is 11.6 Å². The summed E-state index contributed by atoms with van der Waals surface area (Å²) in [7, 11) is 0. The van der Waals surface area contributed by atoms with E-state index in [1.807, 2.05) is 26.8 Å². The van der Waals surface area contributed by atoms with Crippen molar-refractivity contribution >= 4 is 23.3 Å². The molecule has 0 amide bonds. The maximum atomic E-state index is 12.4. The summed E-state index contributed by atoms with van der Waals surface area (Å²) in [5, 5.41) is 57.2. The number of aryl methyl sites for hydroxylation is 1. The molecule has 1 radical (unpaired) electrons. The van der Waals surface area contributed by atoms with Gasteiger partial charge in [0.15, 0.2) is 0 Å². The van der Waals surface area contributed by atoms with Crippen molar-refractivity contribution in [2.45, 2.75) is 33.1 Å². The average molecular weight is 588 g/mol. The van der Waals surface area contributed by atoms with Gasteiger partial charge in [-0.3, -0.25) is 0 Å². The Morgan fingerprint density at radius 3 is 1.98 bits per heavy atom. The Hall–Kier alpha value is -3.46. The second-order valence-corrected chi connectivity index (χ2v) is 9.24. The Kier molecular flexibility index (Phi) is 12.8. The van der Waals surface area contributed by atoms with Gasteiger partial charge >= 0.3 is 46.9 Å². The first-order chi connectivity index (χ1) is 17.9. The molecule has 1 aromatic heterocycles. The topological polar surface area (TPSA) is 169 Å². The van der Waals surface area contributed by atoms with Gasteiger partial charge in [-0.05, 0) is 41.7 Å². The summed E-state index contributed by atoms with van der Waals surface area (Å²) in [5.41, 5.74) is 1.48. The summed E-state index contributed by atoms with van der Waals surface area (Å²) in [4.78, 5) is 21.7. The minimum atomic E-state index is -1.42. The number of hydrogen-bond donors (Lipinski definition) is 0. The number of para-hydroxylation sites is 1. The molecule has 40 heavy (non-hydrogen) atoms. The minimum absolute atomic E-state index is 0. The molecule has 0 atom stereocenters. The van der Waals surface area contributed by atoms with E-state index in [0.717, 1.165) is 5.56 Å². The van der Waals surface area contributed by atoms with Gasteiger partial charge in [0.05, 0.1) is 29.0 Å². The molecular weight excluding hydrogens is 563 g/mol. The van der Waals surface area contributed by atoms with Crippen molar-refractivity contribution in [3.63, 3.8) is 0 Å². The van der Waals surface area contributed by atoms with E-state index in [2.05, 4.69) is 15.3 Å². The van der Waals surface area contributed by atoms with Crippen LogP contribution >= 0.6 is 0 Å². The van der Waals surface area contributed by atoms with Crippen LogP contribution in [0, 0.1) is 6.92 Å². The fraction of sp³-hybridized carbons (Fsp3) is 0.179. The van der Waals surface area contributed by atoms with E-state index >= 15 is 0 Å². The molecule has 10 nitrogen and oxygen atoms in total. The average Bonchev–Trinajstić information content (AvgIpc) is 3.16. The van der Waals surface area contributed by atoms with Crippen molar-refractivity contribution < 1.29 is 76.9 Å². The molecule has 0 bridgehead atoms. The van der Waals surface area contributed by atoms with Gasteiger partial charge in [-0.15, -0.1) is 10.2 Å². The number of azo groups is 1. The van der Waals surface area contributed by atoms with Crippen molar-refractivity contribution in [2.75, 3.05) is 0 Å². The normalized spacial score (nSPS) is 10.6. The van der Waals surface area contributed by atoms with Crippen molar-refractivity contribution in [2.24, 2.45) is 10.2 Å². The van der Waals surface area contributed by atoms with Crippen LogP contribution in [-0.4, -0.2) is 21.7 Å². The molecule has 0 saturated heterocycles. The van der Waals surface area contributed by atoms with Gasteiger partial charge in [-0.1, -0.05) is 81.1 Å². The van der Waals surface area contributed by atoms with Gasteiger partial charge in [0, 0.05) is 11.4 Å². The van der Waals surface area contributed by atoms with Gasteiger partial charge in [0.1, 0.15) is 5.69 Å². The summed E-state index contributed by atoms with van der Waals surface area (Å²) in [6.07, 6.45) is 0. The third-order valence-electron chi connectivity index (χ3n) is 5.44. The Balaban J connectivity index is 0.000000433. The number of benzene rings is 3. The predicted molar refractivity (Wildman–Crippen MR) is 132 cm³/mol. The maximum absolute atomic E-state index is 12.4. The van der Waals surface area contributed by atoms with E-state index in [4.69, 9.17) is 0 Å². The zero-order chi connectivity index (χ0) is 28.0. The van der Waals surface area contributed by atoms with Gasteiger partial charge in [-0.2, -0.15) is 5.10 Å². The van der Waals surface area contributed by atoms with Crippen LogP contribution in [0.15, 0.2) is 83.0 Å². The quantitative estimate of drug-likeness (QED) is 0.223. The Morgan fingerprint density at radius 2 is 1.40 bits per heavy atom. The standard InChI is InChI=1S/C17H14N4O3.C11H14O3.Cr.Na/c1-11-15(16(22)21(20-11)12-7-3-2-4-8-12)19-18-14-10-6-5-9-13(14)17(23)24;1-11(2,3)7-4-5-9(12)8(6-7)10(13)14;;/h2-10,22H,1H3,(H,23,24);4-6,12H,1-3H3,(H,13,14);;/q;;+3;+1/p-4. The van der Waals surface area contributed by atoms with Crippen LogP contribution < -0.4 is 50.0 Å². The van der Waals surface area contributed by atoms with E-state index in [1.54, 1.807) is 49.4 Å². The van der Waals surface area contributed by atoms with Crippen molar-refractivity contribution in [3.05, 3.63) is 95.2 Å². The van der Waals surface area contributed by atoms with E-state index in [-0.39, 0.29) is 74.8 Å². The summed E-state index contributed by atoms with van der Waals surface area (Å²) in [6, 6.07) is 19.3. The van der Waals surface area contributed by atoms with Crippen LogP contribution in [0.2, 0.25) is 0 Å². The van der Waals surface area contributed by atoms with E-state index in [9.17, 15) is 30.0 Å². The predicted octanol–water partition coefficient (Wildman–Crippen LogP) is -0.544. The Morgan fingerprint density at radius 1 is 0.825 bits per heavy atom. The van der Waals surface area contributed by atoms with Crippen LogP contribution in [0.4, 0.5) is 11.4 Å². The van der Waals surface area contributed by atoms with Gasteiger partial charge in [-0.25, -0.2) is 4.68 Å². The van der Waals surface area contributed by atoms with Gasteiger partial charge in [0.25, 0.3) is 0 Å². The maximum Gasteiger partial charge on any atom is 3.00 e. The van der Waals surface area contributed by atoms with Crippen LogP contribution in [0.1, 0.15) is 52.7 Å². The van der Waals surface area contributed by atoms with E-state index < -0.39 is 23.6 Å². The number of carbonyl (C=O) groups excluding carboxylic acids is 2. The number of aromatic nitrogens is 2. The SMILES string of the molecule is CC(C)(C)c1ccc([O-])c(C(=O)[O-])c1.Cc1nn(-c2ccccc2)c([O-])c1N=Nc1ccccc1C(=O)[O-].[Cr+3].[Na+]. The molecule has 0 unspecified atom stereocenters. The first kappa shape index (κ1) is 34.6. The largest absolute Gasteiger partial charge is 3.00 e. The van der Waals surface area contributed by atoms with Crippen molar-refractivity contribution in [1.29, 1.82) is 0 Å². The molecule has 0 fully saturated rings. The van der Waals surface area contributed by atoms with Crippen LogP contribution in [0.25, 0.3) is 5.69 Å². The fourth-order valence-corrected chi connectivity index (χ4v) is 3.35. The number of carboxylic acid groups (broad SMARTS) is 2. The third-order valence-corrected chi connectivity index (χ3v) is 5.44. The fourth-order valence-electron chi connectivity index (χ4n) is 3.35. The molecule has 3 aromatic carbocycles. The third kappa shape index (κ3) is 8.52. The second-order valence-electron chi connectivity index (χ2n) is 9.24. The Labute approximate surface area is 264 Å². The van der Waals surface area contributed by atoms with Crippen molar-refractivity contribution in [3.8, 4) is 17.3 Å². The molecule has 0 saturated carbocycles. The van der Waals surface area contributed by atoms with Crippen molar-refractivity contribution in [1.82, 2.24) is 9.78 Å². The zero-order valence-corrected chi connectivity index (χ0v) is 25.8. The number of carboxylic acids is 2. The monoisotopic (exact) mass is 587 g/mol. The molecule has 0 N–H and O–H groups in total. The molecule has 0 aliphatic carbocycles. The molecule has 12 heteroatoms. The molecule has 0 spiro atoms. The molecule has 1 heterocycles. The molecular formula is C28H24CrN4NaO6. The second kappa shape index (κ2) is 14.8. The van der Waals surface area contributed by atoms with E-state index in [0.29, 0.717) is 11.4 Å². The van der Waals surface area contributed by atoms with E-state index in [1.165, 1.54) is 28.9 Å². The molecule has 0 aliphatic rings. The summed E-state index contributed by atoms with van der Waals surface area (Å²) < 4.78 is 1.23. The molecule has 199 valence electrons. The molecule has 4 aromatic rings. The zero-order valence-electron chi connectivity index (χ0n) is 22.6. The smallest absolute Gasteiger partial charge is 0.872 e. The van der Waals surface area contributed by atoms with Gasteiger partial charge in [0.2, 0.25) is 0 Å². The summed E-state index contributed by atoms with van der Waals surface area (Å²) >= 11 is 0.